The van der Waals surface area contributed by atoms with Crippen LogP contribution in [0.4, 0.5) is 17.6 Å². The minimum Gasteiger partial charge on any atom is -0.399 e. The first-order valence-corrected chi connectivity index (χ1v) is 7.69. The molecule has 1 saturated heterocycles. The zero-order valence-electron chi connectivity index (χ0n) is 14.2. The van der Waals surface area contributed by atoms with Crippen molar-refractivity contribution in [2.45, 2.75) is 38.9 Å². The summed E-state index contributed by atoms with van der Waals surface area (Å²) in [6, 6.07) is 4.45. The van der Waals surface area contributed by atoms with Crippen LogP contribution in [-0.2, 0) is 9.31 Å². The third-order valence-corrected chi connectivity index (χ3v) is 4.71. The maximum atomic E-state index is 14.6. The summed E-state index contributed by atoms with van der Waals surface area (Å²) in [5.74, 6) is -6.92. The highest BCUT2D eigenvalue weighted by Crippen LogP contribution is 2.38. The molecule has 3 nitrogen and oxygen atoms in total. The molecule has 0 amide bonds. The van der Waals surface area contributed by atoms with Gasteiger partial charge < -0.3 is 9.31 Å². The molecule has 8 heteroatoms. The Hall–Kier alpha value is -1.93. The minimum absolute atomic E-state index is 0.0532. The van der Waals surface area contributed by atoms with Gasteiger partial charge in [-0.2, -0.15) is 0 Å². The second kappa shape index (κ2) is 5.81. The fourth-order valence-corrected chi connectivity index (χ4v) is 2.59. The molecule has 25 heavy (non-hydrogen) atoms. The van der Waals surface area contributed by atoms with Crippen molar-refractivity contribution in [3.8, 4) is 11.3 Å². The van der Waals surface area contributed by atoms with E-state index in [9.17, 15) is 17.6 Å². The fourth-order valence-electron chi connectivity index (χ4n) is 2.59. The number of nitrogens with zero attached hydrogens (tertiary/aromatic N) is 1. The summed E-state index contributed by atoms with van der Waals surface area (Å²) < 4.78 is 68.1. The van der Waals surface area contributed by atoms with Crippen molar-refractivity contribution in [3.63, 3.8) is 0 Å². The van der Waals surface area contributed by atoms with Crippen LogP contribution in [0.25, 0.3) is 11.3 Å². The summed E-state index contributed by atoms with van der Waals surface area (Å²) in [5.41, 5.74) is -2.86. The Morgan fingerprint density at radius 2 is 1.40 bits per heavy atom. The van der Waals surface area contributed by atoms with Crippen LogP contribution in [0, 0.1) is 23.3 Å². The van der Waals surface area contributed by atoms with Crippen molar-refractivity contribution in [1.29, 1.82) is 0 Å². The van der Waals surface area contributed by atoms with Gasteiger partial charge in [-0.3, -0.25) is 4.98 Å². The fraction of sp³-hybridized carbons (Fsp3) is 0.353. The van der Waals surface area contributed by atoms with Crippen LogP contribution in [0.1, 0.15) is 27.7 Å². The van der Waals surface area contributed by atoms with Gasteiger partial charge in [0.1, 0.15) is 0 Å². The predicted octanol–water partition coefficient (Wildman–Crippen LogP) is 3.60. The number of aromatic nitrogens is 1. The van der Waals surface area contributed by atoms with Crippen LogP contribution < -0.4 is 5.46 Å². The summed E-state index contributed by atoms with van der Waals surface area (Å²) in [7, 11) is -1.41. The van der Waals surface area contributed by atoms with Crippen LogP contribution in [0.5, 0.6) is 0 Å². The molecule has 0 spiro atoms. The Balaban J connectivity index is 2.27. The van der Waals surface area contributed by atoms with Crippen LogP contribution in [0.2, 0.25) is 0 Å². The van der Waals surface area contributed by atoms with Gasteiger partial charge in [-0.15, -0.1) is 0 Å². The Morgan fingerprint density at radius 3 is 1.92 bits per heavy atom. The molecule has 2 aromatic rings. The van der Waals surface area contributed by atoms with Gasteiger partial charge in [0.25, 0.3) is 0 Å². The average molecular weight is 353 g/mol. The standard InChI is InChI=1S/C17H16BF4NO2/c1-16(2)17(3,4)25-18(24-16)11-10(9-7-5-6-8-23-9)12(19)14(21)15(22)13(11)20/h5-8H,1-4H3. The lowest BCUT2D eigenvalue weighted by Crippen LogP contribution is -2.41. The van der Waals surface area contributed by atoms with Crippen LogP contribution >= 0.6 is 0 Å². The third-order valence-electron chi connectivity index (χ3n) is 4.71. The van der Waals surface area contributed by atoms with E-state index in [-0.39, 0.29) is 5.69 Å². The van der Waals surface area contributed by atoms with Crippen molar-refractivity contribution in [3.05, 3.63) is 47.7 Å². The van der Waals surface area contributed by atoms with Crippen molar-refractivity contribution in [1.82, 2.24) is 4.98 Å². The molecule has 1 fully saturated rings. The van der Waals surface area contributed by atoms with E-state index in [1.807, 2.05) is 0 Å². The highest BCUT2D eigenvalue weighted by molar-refractivity contribution is 6.64. The molecular formula is C17H16BF4NO2. The first kappa shape index (κ1) is 17.9. The second-order valence-electron chi connectivity index (χ2n) is 6.85. The van der Waals surface area contributed by atoms with E-state index < -0.39 is 52.6 Å². The molecule has 1 aliphatic rings. The molecule has 0 saturated carbocycles. The SMILES string of the molecule is CC1(C)OB(c2c(F)c(F)c(F)c(F)c2-c2ccccn2)OC1(C)C. The van der Waals surface area contributed by atoms with E-state index in [0.29, 0.717) is 0 Å². The molecule has 0 bridgehead atoms. The summed E-state index contributed by atoms with van der Waals surface area (Å²) in [5, 5.41) is 0. The Labute approximate surface area is 143 Å². The van der Waals surface area contributed by atoms with E-state index in [4.69, 9.17) is 9.31 Å². The maximum Gasteiger partial charge on any atom is 0.498 e. The number of benzene rings is 1. The molecule has 0 atom stereocenters. The van der Waals surface area contributed by atoms with Crippen LogP contribution in [-0.4, -0.2) is 23.3 Å². The number of halogens is 4. The predicted molar refractivity (Wildman–Crippen MR) is 85.2 cm³/mol. The first-order valence-electron chi connectivity index (χ1n) is 7.69. The normalized spacial score (nSPS) is 18.6. The highest BCUT2D eigenvalue weighted by Gasteiger charge is 2.54. The molecule has 0 aliphatic carbocycles. The first-order chi connectivity index (χ1) is 11.6. The quantitative estimate of drug-likeness (QED) is 0.358. The van der Waals surface area contributed by atoms with Crippen molar-refractivity contribution in [2.75, 3.05) is 0 Å². The summed E-state index contributed by atoms with van der Waals surface area (Å²) in [6.45, 7) is 6.84. The molecule has 1 aromatic heterocycles. The second-order valence-corrected chi connectivity index (χ2v) is 6.85. The third kappa shape index (κ3) is 2.73. The zero-order valence-corrected chi connectivity index (χ0v) is 14.2. The molecule has 132 valence electrons. The van der Waals surface area contributed by atoms with E-state index in [2.05, 4.69) is 4.98 Å². The van der Waals surface area contributed by atoms with Gasteiger partial charge in [-0.1, -0.05) is 6.07 Å². The maximum absolute atomic E-state index is 14.6. The summed E-state index contributed by atoms with van der Waals surface area (Å²) in [6.07, 6.45) is 1.34. The Morgan fingerprint density at radius 1 is 0.840 bits per heavy atom. The van der Waals surface area contributed by atoms with E-state index >= 15 is 0 Å². The molecular weight excluding hydrogens is 337 g/mol. The smallest absolute Gasteiger partial charge is 0.399 e. The van der Waals surface area contributed by atoms with Gasteiger partial charge in [0.15, 0.2) is 23.3 Å². The summed E-state index contributed by atoms with van der Waals surface area (Å²) in [4.78, 5) is 3.92. The lowest BCUT2D eigenvalue weighted by Gasteiger charge is -2.32. The number of pyridine rings is 1. The number of hydrogen-bond acceptors (Lipinski definition) is 3. The Kier molecular flexibility index (Phi) is 4.16. The van der Waals surface area contributed by atoms with Gasteiger partial charge >= 0.3 is 7.12 Å². The average Bonchev–Trinajstić information content (AvgIpc) is 2.77. The van der Waals surface area contributed by atoms with Gasteiger partial charge in [-0.05, 0) is 39.8 Å². The van der Waals surface area contributed by atoms with Crippen molar-refractivity contribution in [2.24, 2.45) is 0 Å². The monoisotopic (exact) mass is 353 g/mol. The lowest BCUT2D eigenvalue weighted by atomic mass is 9.74. The van der Waals surface area contributed by atoms with Crippen molar-refractivity contribution >= 4 is 12.6 Å². The van der Waals surface area contributed by atoms with E-state index in [0.717, 1.165) is 0 Å². The molecule has 2 heterocycles. The number of rotatable bonds is 2. The number of hydrogen-bond donors (Lipinski definition) is 0. The van der Waals surface area contributed by atoms with Crippen LogP contribution in [0.15, 0.2) is 24.4 Å². The molecule has 0 N–H and O–H groups in total. The van der Waals surface area contributed by atoms with E-state index in [1.165, 1.54) is 18.3 Å². The van der Waals surface area contributed by atoms with Crippen LogP contribution in [0.3, 0.4) is 0 Å². The molecule has 1 aromatic carbocycles. The van der Waals surface area contributed by atoms with Gasteiger partial charge in [0.2, 0.25) is 0 Å². The topological polar surface area (TPSA) is 31.4 Å². The van der Waals surface area contributed by atoms with E-state index in [1.54, 1.807) is 33.8 Å². The largest absolute Gasteiger partial charge is 0.498 e. The molecule has 3 rings (SSSR count). The molecule has 0 radical (unpaired) electrons. The molecule has 1 aliphatic heterocycles. The van der Waals surface area contributed by atoms with Gasteiger partial charge in [-0.25, -0.2) is 17.6 Å². The highest BCUT2D eigenvalue weighted by atomic mass is 19.2. The molecule has 0 unspecified atom stereocenters. The Bertz CT molecular complexity index is 811. The van der Waals surface area contributed by atoms with Gasteiger partial charge in [0, 0.05) is 17.2 Å². The van der Waals surface area contributed by atoms with Crippen molar-refractivity contribution < 1.29 is 26.9 Å². The minimum atomic E-state index is -1.91. The zero-order chi connectivity index (χ0) is 18.6. The summed E-state index contributed by atoms with van der Waals surface area (Å²) >= 11 is 0. The lowest BCUT2D eigenvalue weighted by molar-refractivity contribution is 0.00578. The van der Waals surface area contributed by atoms with Gasteiger partial charge in [0.05, 0.1) is 16.9 Å².